The lowest BCUT2D eigenvalue weighted by atomic mass is 10.0. The molecule has 12 heteroatoms. The number of imidazole rings is 1. The van der Waals surface area contributed by atoms with Crippen LogP contribution in [0, 0.1) is 11.8 Å². The molecule has 1 aromatic heterocycles. The minimum Gasteiger partial charge on any atom is -0.348 e. The van der Waals surface area contributed by atoms with E-state index in [0.29, 0.717) is 37.3 Å². The number of rotatable bonds is 13. The summed E-state index contributed by atoms with van der Waals surface area (Å²) in [5.74, 6) is -0.160. The number of likely N-dealkylation sites (tertiary alicyclic amines) is 2. The van der Waals surface area contributed by atoms with E-state index >= 15 is 0 Å². The Labute approximate surface area is 326 Å². The summed E-state index contributed by atoms with van der Waals surface area (Å²) in [4.78, 5) is 78.9. The lowest BCUT2D eigenvalue weighted by Crippen LogP contribution is -2.50. The molecule has 4 aromatic rings. The summed E-state index contributed by atoms with van der Waals surface area (Å²) in [6.07, 6.45) is 8.01. The molecule has 2 saturated carbocycles. The Morgan fingerprint density at radius 1 is 0.625 bits per heavy atom. The molecule has 5 atom stereocenters. The predicted molar refractivity (Wildman–Crippen MR) is 209 cm³/mol. The fourth-order valence-electron chi connectivity index (χ4n) is 8.02. The van der Waals surface area contributed by atoms with Crippen LogP contribution in [0.3, 0.4) is 0 Å². The second kappa shape index (κ2) is 16.1. The molecule has 4 fully saturated rings. The van der Waals surface area contributed by atoms with Gasteiger partial charge in [0.25, 0.3) is 0 Å². The first-order chi connectivity index (χ1) is 27.2. The smallest absolute Gasteiger partial charge is 0.250 e. The van der Waals surface area contributed by atoms with Crippen molar-refractivity contribution in [3.05, 3.63) is 114 Å². The average molecular weight is 756 g/mol. The highest BCUT2D eigenvalue weighted by Crippen LogP contribution is 2.36. The molecule has 2 aliphatic heterocycles. The Hall–Kier alpha value is -5.78. The van der Waals surface area contributed by atoms with Gasteiger partial charge in [-0.05, 0) is 80.5 Å². The maximum atomic E-state index is 14.1. The van der Waals surface area contributed by atoms with Crippen molar-refractivity contribution in [1.82, 2.24) is 35.7 Å². The van der Waals surface area contributed by atoms with E-state index in [2.05, 4.69) is 20.9 Å². The molecule has 0 bridgehead atoms. The summed E-state index contributed by atoms with van der Waals surface area (Å²) >= 11 is 0. The molecular formula is C44H49N7O5. The van der Waals surface area contributed by atoms with E-state index in [1.807, 2.05) is 96.8 Å². The van der Waals surface area contributed by atoms with Crippen LogP contribution in [-0.4, -0.2) is 68.4 Å². The van der Waals surface area contributed by atoms with E-state index in [9.17, 15) is 24.0 Å². The Morgan fingerprint density at radius 2 is 1.16 bits per heavy atom. The molecule has 2 saturated heterocycles. The summed E-state index contributed by atoms with van der Waals surface area (Å²) in [6, 6.07) is 23.8. The average Bonchev–Trinajstić information content (AvgIpc) is 4.10. The highest BCUT2D eigenvalue weighted by Gasteiger charge is 2.41. The van der Waals surface area contributed by atoms with Crippen molar-refractivity contribution in [2.24, 2.45) is 11.8 Å². The highest BCUT2D eigenvalue weighted by molar-refractivity contribution is 5.94. The molecule has 3 heterocycles. The Morgan fingerprint density at radius 3 is 1.73 bits per heavy atom. The normalized spacial score (nSPS) is 20.9. The SMILES string of the molecule is C[C@@H](NC(=O)[C@@H]1CCCN1C(=O)[C@H](NC(=O)C1CC1)c1ccccc1)c1ccc(-c2cnc([C@@H]3CCCN3C(=O)[C@H](NC(=O)C3CC3)c3ccccc3)[nH]2)cc1. The number of amides is 5. The Bertz CT molecular complexity index is 2060. The second-order valence-corrected chi connectivity index (χ2v) is 15.7. The zero-order valence-electron chi connectivity index (χ0n) is 31.7. The third-order valence-electron chi connectivity index (χ3n) is 11.6. The molecule has 5 amide bonds. The number of H-pyrrole nitrogens is 1. The molecule has 0 unspecified atom stereocenters. The molecule has 2 aliphatic carbocycles. The van der Waals surface area contributed by atoms with Gasteiger partial charge in [-0.15, -0.1) is 0 Å². The summed E-state index contributed by atoms with van der Waals surface area (Å²) < 4.78 is 0. The number of aromatic amines is 1. The largest absolute Gasteiger partial charge is 0.348 e. The van der Waals surface area contributed by atoms with Crippen LogP contribution in [-0.2, 0) is 24.0 Å². The summed E-state index contributed by atoms with van der Waals surface area (Å²) in [5.41, 5.74) is 4.10. The standard InChI is InChI=1S/C44H49N7O5/c1-27(46-42(54)36-15-9-25-51(36)44(56)38(31-12-6-3-7-13-31)49-41(53)33-22-23-33)28-16-18-29(19-17-28)34-26-45-39(47-34)35-14-8-24-50(35)43(55)37(30-10-4-2-5-11-30)48-40(52)32-20-21-32/h2-7,10-13,16-19,26-27,32-33,35-38H,8-9,14-15,20-25H2,1H3,(H,45,47)(H,46,54)(H,48,52)(H,49,53)/t27-,35+,36+,37-,38-/m1/s1. The van der Waals surface area contributed by atoms with Crippen LogP contribution in [0.15, 0.2) is 91.1 Å². The van der Waals surface area contributed by atoms with Gasteiger partial charge in [-0.3, -0.25) is 24.0 Å². The quantitative estimate of drug-likeness (QED) is 0.142. The first-order valence-electron chi connectivity index (χ1n) is 20.0. The third kappa shape index (κ3) is 8.10. The van der Waals surface area contributed by atoms with Crippen LogP contribution < -0.4 is 16.0 Å². The van der Waals surface area contributed by atoms with Crippen LogP contribution in [0.4, 0.5) is 0 Å². The molecule has 4 aliphatic rings. The number of nitrogens with zero attached hydrogens (tertiary/aromatic N) is 3. The monoisotopic (exact) mass is 755 g/mol. The van der Waals surface area contributed by atoms with Crippen molar-refractivity contribution in [1.29, 1.82) is 0 Å². The first-order valence-corrected chi connectivity index (χ1v) is 20.0. The number of hydrogen-bond acceptors (Lipinski definition) is 6. The number of hydrogen-bond donors (Lipinski definition) is 4. The van der Waals surface area contributed by atoms with Crippen molar-refractivity contribution in [3.8, 4) is 11.3 Å². The van der Waals surface area contributed by atoms with Crippen LogP contribution in [0.1, 0.15) is 105 Å². The molecule has 290 valence electrons. The summed E-state index contributed by atoms with van der Waals surface area (Å²) in [5, 5.41) is 9.12. The number of benzene rings is 3. The minimum atomic E-state index is -0.839. The molecule has 3 aromatic carbocycles. The van der Waals surface area contributed by atoms with Crippen molar-refractivity contribution >= 4 is 29.5 Å². The van der Waals surface area contributed by atoms with Crippen molar-refractivity contribution in [2.75, 3.05) is 13.1 Å². The van der Waals surface area contributed by atoms with Crippen molar-refractivity contribution < 1.29 is 24.0 Å². The van der Waals surface area contributed by atoms with E-state index in [1.165, 1.54) is 0 Å². The summed E-state index contributed by atoms with van der Waals surface area (Å²) in [7, 11) is 0. The third-order valence-corrected chi connectivity index (χ3v) is 11.6. The van der Waals surface area contributed by atoms with Gasteiger partial charge >= 0.3 is 0 Å². The van der Waals surface area contributed by atoms with E-state index in [4.69, 9.17) is 4.98 Å². The van der Waals surface area contributed by atoms with Gasteiger partial charge in [0.15, 0.2) is 0 Å². The number of carbonyl (C=O) groups excluding carboxylic acids is 5. The Balaban J connectivity index is 0.909. The fraction of sp³-hybridized carbons (Fsp3) is 0.409. The van der Waals surface area contributed by atoms with Gasteiger partial charge < -0.3 is 30.7 Å². The molecule has 56 heavy (non-hydrogen) atoms. The van der Waals surface area contributed by atoms with Gasteiger partial charge in [0.2, 0.25) is 29.5 Å². The first kappa shape index (κ1) is 37.2. The zero-order chi connectivity index (χ0) is 38.8. The van der Waals surface area contributed by atoms with Gasteiger partial charge in [0.1, 0.15) is 23.9 Å². The highest BCUT2D eigenvalue weighted by atomic mass is 16.2. The van der Waals surface area contributed by atoms with Crippen LogP contribution in [0.25, 0.3) is 11.3 Å². The van der Waals surface area contributed by atoms with E-state index in [0.717, 1.165) is 60.9 Å². The predicted octanol–water partition coefficient (Wildman–Crippen LogP) is 5.44. The lowest BCUT2D eigenvalue weighted by molar-refractivity contribution is -0.142. The minimum absolute atomic E-state index is 0.0129. The topological polar surface area (TPSA) is 157 Å². The second-order valence-electron chi connectivity index (χ2n) is 15.7. The lowest BCUT2D eigenvalue weighted by Gasteiger charge is -2.30. The number of carbonyl (C=O) groups is 5. The molecule has 4 N–H and O–H groups in total. The van der Waals surface area contributed by atoms with Crippen LogP contribution in [0.5, 0.6) is 0 Å². The van der Waals surface area contributed by atoms with Gasteiger partial charge in [-0.2, -0.15) is 0 Å². The van der Waals surface area contributed by atoms with Crippen LogP contribution >= 0.6 is 0 Å². The zero-order valence-corrected chi connectivity index (χ0v) is 31.7. The van der Waals surface area contributed by atoms with Gasteiger partial charge in [-0.25, -0.2) is 4.98 Å². The van der Waals surface area contributed by atoms with Gasteiger partial charge in [0.05, 0.1) is 24.0 Å². The van der Waals surface area contributed by atoms with E-state index < -0.39 is 18.1 Å². The molecular weight excluding hydrogens is 707 g/mol. The number of nitrogens with one attached hydrogen (secondary N) is 4. The molecule has 0 radical (unpaired) electrons. The van der Waals surface area contributed by atoms with E-state index in [1.54, 1.807) is 11.1 Å². The van der Waals surface area contributed by atoms with Crippen molar-refractivity contribution in [3.63, 3.8) is 0 Å². The number of aromatic nitrogens is 2. The van der Waals surface area contributed by atoms with Crippen LogP contribution in [0.2, 0.25) is 0 Å². The maximum Gasteiger partial charge on any atom is 0.250 e. The Kier molecular flexibility index (Phi) is 10.7. The summed E-state index contributed by atoms with van der Waals surface area (Å²) in [6.45, 7) is 2.95. The fourth-order valence-corrected chi connectivity index (χ4v) is 8.02. The maximum absolute atomic E-state index is 14.1. The van der Waals surface area contributed by atoms with Gasteiger partial charge in [0, 0.05) is 24.9 Å². The molecule has 8 rings (SSSR count). The van der Waals surface area contributed by atoms with Gasteiger partial charge in [-0.1, -0.05) is 84.9 Å². The molecule has 0 spiro atoms. The van der Waals surface area contributed by atoms with E-state index in [-0.39, 0.29) is 53.5 Å². The van der Waals surface area contributed by atoms with Crippen molar-refractivity contribution in [2.45, 2.75) is 88.5 Å². The molecule has 12 nitrogen and oxygen atoms in total.